The Kier molecular flexibility index (Phi) is 4.34. The zero-order valence-electron chi connectivity index (χ0n) is 11.1. The molecule has 0 aliphatic rings. The molecule has 0 aliphatic heterocycles. The van der Waals surface area contributed by atoms with E-state index in [1.54, 1.807) is 22.9 Å². The van der Waals surface area contributed by atoms with Gasteiger partial charge in [0.05, 0.1) is 16.3 Å². The third-order valence-corrected chi connectivity index (χ3v) is 4.48. The number of benzene rings is 2. The molecule has 3 rings (SSSR count). The zero-order valence-corrected chi connectivity index (χ0v) is 14.2. The van der Waals surface area contributed by atoms with Crippen molar-refractivity contribution in [2.45, 2.75) is 0 Å². The van der Waals surface area contributed by atoms with Crippen LogP contribution in [0, 0.1) is 0 Å². The van der Waals surface area contributed by atoms with Crippen LogP contribution in [-0.4, -0.2) is 16.1 Å². The van der Waals surface area contributed by atoms with Gasteiger partial charge in [0.1, 0.15) is 10.3 Å². The summed E-state index contributed by atoms with van der Waals surface area (Å²) in [6.45, 7) is 0. The number of hydrogen-bond donors (Lipinski definition) is 0. The monoisotopic (exact) mass is 394 g/mol. The first-order valence-corrected chi connectivity index (χ1v) is 7.91. The molecule has 22 heavy (non-hydrogen) atoms. The Labute approximate surface area is 145 Å². The van der Waals surface area contributed by atoms with Crippen molar-refractivity contribution >= 4 is 45.4 Å². The fourth-order valence-corrected chi connectivity index (χ4v) is 3.10. The van der Waals surface area contributed by atoms with E-state index in [0.29, 0.717) is 31.6 Å². The fraction of sp³-hybridized carbons (Fsp3) is 0. The summed E-state index contributed by atoms with van der Waals surface area (Å²) >= 11 is 15.7. The molecular weight excluding hydrogens is 387 g/mol. The number of para-hydroxylation sites is 1. The molecule has 0 radical (unpaired) electrons. The summed E-state index contributed by atoms with van der Waals surface area (Å²) in [5.74, 6) is 0. The van der Waals surface area contributed by atoms with Crippen LogP contribution in [0.3, 0.4) is 0 Å². The topological polar surface area (TPSA) is 34.9 Å². The van der Waals surface area contributed by atoms with Gasteiger partial charge in [0.2, 0.25) is 0 Å². The molecule has 3 nitrogen and oxygen atoms in total. The van der Waals surface area contributed by atoms with E-state index in [2.05, 4.69) is 21.0 Å². The number of aromatic nitrogens is 2. The molecule has 0 atom stereocenters. The lowest BCUT2D eigenvalue weighted by Gasteiger charge is -2.05. The first kappa shape index (κ1) is 15.3. The van der Waals surface area contributed by atoms with Gasteiger partial charge in [-0.2, -0.15) is 5.10 Å². The van der Waals surface area contributed by atoms with E-state index in [9.17, 15) is 4.79 Å². The number of hydrogen-bond acceptors (Lipinski definition) is 2. The fourth-order valence-electron chi connectivity index (χ4n) is 2.15. The highest BCUT2D eigenvalue weighted by Crippen LogP contribution is 2.32. The van der Waals surface area contributed by atoms with E-state index in [1.165, 1.54) is 0 Å². The van der Waals surface area contributed by atoms with Crippen LogP contribution in [0.2, 0.25) is 10.0 Å². The van der Waals surface area contributed by atoms with Crippen LogP contribution >= 0.6 is 39.1 Å². The first-order valence-electron chi connectivity index (χ1n) is 6.36. The smallest absolute Gasteiger partial charge is 0.155 e. The summed E-state index contributed by atoms with van der Waals surface area (Å²) in [6, 6.07) is 14.5. The number of halogens is 3. The van der Waals surface area contributed by atoms with Crippen LogP contribution in [0.5, 0.6) is 0 Å². The number of rotatable bonds is 3. The van der Waals surface area contributed by atoms with Crippen LogP contribution in [0.1, 0.15) is 10.4 Å². The van der Waals surface area contributed by atoms with Crippen LogP contribution < -0.4 is 0 Å². The molecule has 3 aromatic rings. The zero-order chi connectivity index (χ0) is 15.7. The van der Waals surface area contributed by atoms with Crippen molar-refractivity contribution in [1.82, 2.24) is 9.78 Å². The molecule has 0 N–H and O–H groups in total. The van der Waals surface area contributed by atoms with Crippen molar-refractivity contribution in [3.8, 4) is 16.9 Å². The van der Waals surface area contributed by atoms with Gasteiger partial charge < -0.3 is 0 Å². The molecule has 0 amide bonds. The minimum atomic E-state index is 0.446. The van der Waals surface area contributed by atoms with E-state index in [0.717, 1.165) is 11.8 Å². The molecule has 0 saturated heterocycles. The highest BCUT2D eigenvalue weighted by atomic mass is 79.9. The molecule has 0 aliphatic carbocycles. The highest BCUT2D eigenvalue weighted by Gasteiger charge is 2.19. The van der Waals surface area contributed by atoms with Crippen LogP contribution in [0.25, 0.3) is 16.9 Å². The van der Waals surface area contributed by atoms with E-state index in [-0.39, 0.29) is 0 Å². The Morgan fingerprint density at radius 3 is 2.55 bits per heavy atom. The van der Waals surface area contributed by atoms with Crippen molar-refractivity contribution in [3.63, 3.8) is 0 Å². The van der Waals surface area contributed by atoms with Gasteiger partial charge in [0.15, 0.2) is 6.29 Å². The minimum absolute atomic E-state index is 0.446. The van der Waals surface area contributed by atoms with E-state index >= 15 is 0 Å². The second kappa shape index (κ2) is 6.24. The van der Waals surface area contributed by atoms with E-state index < -0.39 is 0 Å². The number of aldehydes is 1. The Morgan fingerprint density at radius 1 is 1.09 bits per heavy atom. The quantitative estimate of drug-likeness (QED) is 0.555. The molecule has 0 saturated carbocycles. The van der Waals surface area contributed by atoms with Gasteiger partial charge in [-0.1, -0.05) is 47.5 Å². The summed E-state index contributed by atoms with van der Waals surface area (Å²) in [4.78, 5) is 11.5. The normalized spacial score (nSPS) is 10.7. The average Bonchev–Trinajstić information content (AvgIpc) is 2.84. The maximum absolute atomic E-state index is 11.5. The molecule has 110 valence electrons. The van der Waals surface area contributed by atoms with Gasteiger partial charge in [-0.3, -0.25) is 4.79 Å². The van der Waals surface area contributed by atoms with Crippen molar-refractivity contribution in [2.75, 3.05) is 0 Å². The predicted molar refractivity (Wildman–Crippen MR) is 92.1 cm³/mol. The Morgan fingerprint density at radius 2 is 1.86 bits per heavy atom. The van der Waals surface area contributed by atoms with Crippen LogP contribution in [0.4, 0.5) is 0 Å². The van der Waals surface area contributed by atoms with Gasteiger partial charge in [0.25, 0.3) is 0 Å². The summed E-state index contributed by atoms with van der Waals surface area (Å²) in [5.41, 5.74) is 2.44. The van der Waals surface area contributed by atoms with Gasteiger partial charge in [-0.05, 0) is 40.2 Å². The van der Waals surface area contributed by atoms with Gasteiger partial charge >= 0.3 is 0 Å². The Hall–Kier alpha value is -1.62. The van der Waals surface area contributed by atoms with E-state index in [1.807, 2.05) is 30.3 Å². The largest absolute Gasteiger partial charge is 0.298 e. The van der Waals surface area contributed by atoms with Crippen LogP contribution in [-0.2, 0) is 0 Å². The third-order valence-electron chi connectivity index (χ3n) is 3.16. The van der Waals surface area contributed by atoms with Gasteiger partial charge in [-0.25, -0.2) is 4.68 Å². The van der Waals surface area contributed by atoms with Crippen molar-refractivity contribution < 1.29 is 4.79 Å². The molecule has 6 heteroatoms. The maximum atomic E-state index is 11.5. The van der Waals surface area contributed by atoms with Crippen molar-refractivity contribution in [2.24, 2.45) is 0 Å². The molecule has 0 spiro atoms. The number of carbonyl (C=O) groups excluding carboxylic acids is 1. The standard InChI is InChI=1S/C16H9BrCl2N2O/c17-16-12(9-22)15(10-4-3-5-11(18)8-10)20-21(16)14-7-2-1-6-13(14)19/h1-9H. The first-order chi connectivity index (χ1) is 10.6. The SMILES string of the molecule is O=Cc1c(-c2cccc(Cl)c2)nn(-c2ccccc2Cl)c1Br. The van der Waals surface area contributed by atoms with Crippen molar-refractivity contribution in [3.05, 3.63) is 68.7 Å². The lowest BCUT2D eigenvalue weighted by Crippen LogP contribution is -1.97. The lowest BCUT2D eigenvalue weighted by molar-refractivity contribution is 0.112. The predicted octanol–water partition coefficient (Wildman–Crippen LogP) is 5.42. The van der Waals surface area contributed by atoms with Crippen molar-refractivity contribution in [1.29, 1.82) is 0 Å². The second-order valence-electron chi connectivity index (χ2n) is 4.54. The lowest BCUT2D eigenvalue weighted by atomic mass is 10.1. The Bertz CT molecular complexity index is 861. The number of nitrogens with zero attached hydrogens (tertiary/aromatic N) is 2. The summed E-state index contributed by atoms with van der Waals surface area (Å²) in [7, 11) is 0. The molecule has 0 unspecified atom stereocenters. The highest BCUT2D eigenvalue weighted by molar-refractivity contribution is 9.10. The van der Waals surface area contributed by atoms with Gasteiger partial charge in [0, 0.05) is 10.6 Å². The van der Waals surface area contributed by atoms with Crippen LogP contribution in [0.15, 0.2) is 53.1 Å². The average molecular weight is 396 g/mol. The summed E-state index contributed by atoms with van der Waals surface area (Å²) in [5, 5.41) is 5.64. The number of carbonyl (C=O) groups is 1. The maximum Gasteiger partial charge on any atom is 0.155 e. The van der Waals surface area contributed by atoms with E-state index in [4.69, 9.17) is 23.2 Å². The molecule has 1 heterocycles. The molecule has 0 bridgehead atoms. The molecule has 1 aromatic heterocycles. The molecule has 0 fully saturated rings. The Balaban J connectivity index is 2.24. The minimum Gasteiger partial charge on any atom is -0.298 e. The second-order valence-corrected chi connectivity index (χ2v) is 6.14. The summed E-state index contributed by atoms with van der Waals surface area (Å²) < 4.78 is 2.15. The summed E-state index contributed by atoms with van der Waals surface area (Å²) in [6.07, 6.45) is 0.765. The molecule has 2 aromatic carbocycles. The molecular formula is C16H9BrCl2N2O. The van der Waals surface area contributed by atoms with Gasteiger partial charge in [-0.15, -0.1) is 0 Å². The third kappa shape index (κ3) is 2.70.